The van der Waals surface area contributed by atoms with Gasteiger partial charge in [-0.1, -0.05) is 23.9 Å². The zero-order valence-electron chi connectivity index (χ0n) is 12.8. The maximum absolute atomic E-state index is 11.6. The molecule has 0 saturated carbocycles. The van der Waals surface area contributed by atoms with Gasteiger partial charge in [0.15, 0.2) is 0 Å². The number of benzene rings is 1. The van der Waals surface area contributed by atoms with E-state index in [2.05, 4.69) is 25.1 Å². The molecule has 4 aromatic rings. The van der Waals surface area contributed by atoms with Crippen LogP contribution in [-0.2, 0) is 12.3 Å². The number of H-pyrrole nitrogens is 2. The molecule has 126 valence electrons. The van der Waals surface area contributed by atoms with Crippen molar-refractivity contribution in [3.05, 3.63) is 69.1 Å². The maximum atomic E-state index is 11.6. The van der Waals surface area contributed by atoms with E-state index < -0.39 is 11.2 Å². The Labute approximate surface area is 144 Å². The Bertz CT molecular complexity index is 1110. The number of hydrogen-bond donors (Lipinski definition) is 2. The zero-order chi connectivity index (χ0) is 17.2. The van der Waals surface area contributed by atoms with Gasteiger partial charge in [0.2, 0.25) is 5.89 Å². The predicted molar refractivity (Wildman–Crippen MR) is 90.4 cm³/mol. The third kappa shape index (κ3) is 3.38. The molecular formula is C15H12N6O3S. The van der Waals surface area contributed by atoms with Crippen LogP contribution in [0.15, 0.2) is 55.8 Å². The number of imidazole rings is 1. The molecular weight excluding hydrogens is 344 g/mol. The molecule has 1 aromatic carbocycles. The predicted octanol–water partition coefficient (Wildman–Crippen LogP) is 1.14. The van der Waals surface area contributed by atoms with E-state index in [-0.39, 0.29) is 12.4 Å². The molecule has 0 atom stereocenters. The molecule has 0 amide bonds. The number of aromatic nitrogens is 6. The third-order valence-electron chi connectivity index (χ3n) is 3.42. The van der Waals surface area contributed by atoms with Gasteiger partial charge in [-0.3, -0.25) is 14.3 Å². The molecule has 0 unspecified atom stereocenters. The van der Waals surface area contributed by atoms with Crippen LogP contribution in [0, 0.1) is 0 Å². The molecule has 9 nitrogen and oxygen atoms in total. The lowest BCUT2D eigenvalue weighted by molar-refractivity contribution is 0.401. The average Bonchev–Trinajstić information content (AvgIpc) is 3.21. The molecule has 10 heteroatoms. The number of fused-ring (bicyclic) bond motifs is 1. The number of nitrogens with one attached hydrogen (secondary N) is 2. The minimum atomic E-state index is -0.526. The van der Waals surface area contributed by atoms with Gasteiger partial charge in [0, 0.05) is 12.3 Å². The second kappa shape index (κ2) is 6.40. The first-order valence-corrected chi connectivity index (χ1v) is 8.34. The SMILES string of the molecule is O=c1ccn(Cc2nnc(SCc3nc4ccccc4[nH]3)o2)c(=O)[nH]1. The van der Waals surface area contributed by atoms with Gasteiger partial charge < -0.3 is 9.40 Å². The fraction of sp³-hybridized carbons (Fsp3) is 0.133. The minimum Gasteiger partial charge on any atom is -0.414 e. The molecule has 25 heavy (non-hydrogen) atoms. The number of aromatic amines is 2. The van der Waals surface area contributed by atoms with Crippen molar-refractivity contribution < 1.29 is 4.42 Å². The van der Waals surface area contributed by atoms with E-state index in [1.54, 1.807) is 0 Å². The van der Waals surface area contributed by atoms with Crippen molar-refractivity contribution in [2.45, 2.75) is 17.5 Å². The van der Waals surface area contributed by atoms with Crippen LogP contribution < -0.4 is 11.2 Å². The highest BCUT2D eigenvalue weighted by atomic mass is 32.2. The second-order valence-electron chi connectivity index (χ2n) is 5.19. The van der Waals surface area contributed by atoms with Gasteiger partial charge in [-0.2, -0.15) is 0 Å². The lowest BCUT2D eigenvalue weighted by atomic mass is 10.3. The summed E-state index contributed by atoms with van der Waals surface area (Å²) in [7, 11) is 0. The zero-order valence-corrected chi connectivity index (χ0v) is 13.6. The number of rotatable bonds is 5. The Morgan fingerprint density at radius 1 is 1.12 bits per heavy atom. The fourth-order valence-electron chi connectivity index (χ4n) is 2.28. The van der Waals surface area contributed by atoms with E-state index in [1.807, 2.05) is 24.3 Å². The smallest absolute Gasteiger partial charge is 0.328 e. The van der Waals surface area contributed by atoms with Gasteiger partial charge in [0.05, 0.1) is 16.8 Å². The quantitative estimate of drug-likeness (QED) is 0.514. The molecule has 0 radical (unpaired) electrons. The summed E-state index contributed by atoms with van der Waals surface area (Å²) in [5.41, 5.74) is 0.902. The second-order valence-corrected chi connectivity index (χ2v) is 6.12. The van der Waals surface area contributed by atoms with E-state index in [4.69, 9.17) is 4.42 Å². The van der Waals surface area contributed by atoms with Crippen LogP contribution in [0.3, 0.4) is 0 Å². The summed E-state index contributed by atoms with van der Waals surface area (Å²) in [6, 6.07) is 9.04. The summed E-state index contributed by atoms with van der Waals surface area (Å²) < 4.78 is 6.80. The summed E-state index contributed by atoms with van der Waals surface area (Å²) in [6.45, 7) is 0.0911. The molecule has 0 aliphatic carbocycles. The lowest BCUT2D eigenvalue weighted by Crippen LogP contribution is -2.28. The van der Waals surface area contributed by atoms with Gasteiger partial charge in [-0.15, -0.1) is 10.2 Å². The van der Waals surface area contributed by atoms with Crippen molar-refractivity contribution in [1.29, 1.82) is 0 Å². The molecule has 0 fully saturated rings. The molecule has 3 aromatic heterocycles. The van der Waals surface area contributed by atoms with Gasteiger partial charge >= 0.3 is 5.69 Å². The van der Waals surface area contributed by atoms with Gasteiger partial charge in [0.25, 0.3) is 10.8 Å². The van der Waals surface area contributed by atoms with Crippen molar-refractivity contribution in [2.24, 2.45) is 0 Å². The van der Waals surface area contributed by atoms with E-state index in [0.29, 0.717) is 11.0 Å². The summed E-state index contributed by atoms with van der Waals surface area (Å²) >= 11 is 1.35. The lowest BCUT2D eigenvalue weighted by Gasteiger charge is -1.99. The van der Waals surface area contributed by atoms with Crippen molar-refractivity contribution >= 4 is 22.8 Å². The molecule has 0 bridgehead atoms. The van der Waals surface area contributed by atoms with Crippen LogP contribution in [0.1, 0.15) is 11.7 Å². The normalized spacial score (nSPS) is 11.2. The molecule has 0 spiro atoms. The highest BCUT2D eigenvalue weighted by molar-refractivity contribution is 7.98. The largest absolute Gasteiger partial charge is 0.414 e. The molecule has 0 saturated heterocycles. The monoisotopic (exact) mass is 356 g/mol. The highest BCUT2D eigenvalue weighted by Crippen LogP contribution is 2.21. The summed E-state index contributed by atoms with van der Waals surface area (Å²) in [4.78, 5) is 32.6. The Morgan fingerprint density at radius 2 is 2.00 bits per heavy atom. The van der Waals surface area contributed by atoms with Gasteiger partial charge in [0.1, 0.15) is 12.4 Å². The fourth-order valence-corrected chi connectivity index (χ4v) is 2.93. The summed E-state index contributed by atoms with van der Waals surface area (Å²) in [6.07, 6.45) is 1.38. The van der Waals surface area contributed by atoms with Gasteiger partial charge in [-0.05, 0) is 12.1 Å². The van der Waals surface area contributed by atoms with Crippen LogP contribution in [0.4, 0.5) is 0 Å². The van der Waals surface area contributed by atoms with Crippen molar-refractivity contribution in [2.75, 3.05) is 0 Å². The van der Waals surface area contributed by atoms with E-state index in [9.17, 15) is 9.59 Å². The summed E-state index contributed by atoms with van der Waals surface area (Å²) in [5.74, 6) is 1.64. The van der Waals surface area contributed by atoms with Crippen molar-refractivity contribution in [3.63, 3.8) is 0 Å². The van der Waals surface area contributed by atoms with Crippen LogP contribution in [0.25, 0.3) is 11.0 Å². The molecule has 3 heterocycles. The first kappa shape index (κ1) is 15.4. The molecule has 2 N–H and O–H groups in total. The van der Waals surface area contributed by atoms with Crippen LogP contribution >= 0.6 is 11.8 Å². The Kier molecular flexibility index (Phi) is 3.94. The van der Waals surface area contributed by atoms with Crippen LogP contribution in [-0.4, -0.2) is 29.7 Å². The van der Waals surface area contributed by atoms with Crippen molar-refractivity contribution in [3.8, 4) is 0 Å². The number of hydrogen-bond acceptors (Lipinski definition) is 7. The molecule has 0 aliphatic rings. The number of thioether (sulfide) groups is 1. The number of para-hydroxylation sites is 2. The molecule has 0 aliphatic heterocycles. The molecule has 4 rings (SSSR count). The van der Waals surface area contributed by atoms with Crippen LogP contribution in [0.2, 0.25) is 0 Å². The highest BCUT2D eigenvalue weighted by Gasteiger charge is 2.10. The van der Waals surface area contributed by atoms with E-state index in [1.165, 1.54) is 28.6 Å². The standard InChI is InChI=1S/C15H12N6O3S/c22-12-5-6-21(14(23)18-12)7-13-19-20-15(24-13)25-8-11-16-9-3-1-2-4-10(9)17-11/h1-6H,7-8H2,(H,16,17)(H,18,22,23). The van der Waals surface area contributed by atoms with Crippen molar-refractivity contribution in [1.82, 2.24) is 29.7 Å². The Morgan fingerprint density at radius 3 is 2.84 bits per heavy atom. The average molecular weight is 356 g/mol. The first-order valence-electron chi connectivity index (χ1n) is 7.36. The minimum absolute atomic E-state index is 0.0911. The first-order chi connectivity index (χ1) is 12.2. The van der Waals surface area contributed by atoms with E-state index >= 15 is 0 Å². The number of nitrogens with zero attached hydrogens (tertiary/aromatic N) is 4. The Hall–Kier alpha value is -3.14. The van der Waals surface area contributed by atoms with E-state index in [0.717, 1.165) is 16.9 Å². The third-order valence-corrected chi connectivity index (χ3v) is 4.25. The maximum Gasteiger partial charge on any atom is 0.328 e. The topological polar surface area (TPSA) is 122 Å². The van der Waals surface area contributed by atoms with Crippen LogP contribution in [0.5, 0.6) is 0 Å². The summed E-state index contributed by atoms with van der Waals surface area (Å²) in [5, 5.41) is 8.24. The van der Waals surface area contributed by atoms with Gasteiger partial charge in [-0.25, -0.2) is 9.78 Å². The Balaban J connectivity index is 1.44.